The van der Waals surface area contributed by atoms with Crippen LogP contribution in [0.3, 0.4) is 0 Å². The minimum atomic E-state index is 0.826. The Labute approximate surface area is 122 Å². The average Bonchev–Trinajstić information content (AvgIpc) is 2.81. The molecule has 1 aliphatic heterocycles. The lowest BCUT2D eigenvalue weighted by Gasteiger charge is -2.48. The fourth-order valence-corrected chi connectivity index (χ4v) is 3.73. The first kappa shape index (κ1) is 13.7. The van der Waals surface area contributed by atoms with Gasteiger partial charge in [-0.25, -0.2) is 0 Å². The Kier molecular flexibility index (Phi) is 3.84. The van der Waals surface area contributed by atoms with Crippen LogP contribution >= 0.6 is 0 Å². The molecule has 0 aliphatic carbocycles. The summed E-state index contributed by atoms with van der Waals surface area (Å²) in [6.45, 7) is 9.33. The zero-order valence-electron chi connectivity index (χ0n) is 12.9. The molecule has 2 heterocycles. The van der Waals surface area contributed by atoms with Crippen molar-refractivity contribution in [1.29, 1.82) is 0 Å². The molecule has 0 amide bonds. The first-order chi connectivity index (χ1) is 9.72. The normalized spacial score (nSPS) is 23.1. The molecular weight excluding hydrogens is 244 g/mol. The monoisotopic (exact) mass is 270 g/mol. The molecule has 1 fully saturated rings. The van der Waals surface area contributed by atoms with Crippen LogP contribution in [0.25, 0.3) is 10.9 Å². The van der Waals surface area contributed by atoms with Gasteiger partial charge in [0.15, 0.2) is 0 Å². The van der Waals surface area contributed by atoms with Crippen molar-refractivity contribution < 1.29 is 0 Å². The molecule has 20 heavy (non-hydrogen) atoms. The zero-order valence-corrected chi connectivity index (χ0v) is 12.9. The number of benzene rings is 1. The van der Waals surface area contributed by atoms with E-state index in [1.165, 1.54) is 48.0 Å². The van der Waals surface area contributed by atoms with Crippen molar-refractivity contribution in [3.63, 3.8) is 0 Å². The Hall–Kier alpha value is -1.28. The first-order valence-corrected chi connectivity index (χ1v) is 8.03. The van der Waals surface area contributed by atoms with Gasteiger partial charge in [-0.05, 0) is 43.4 Å². The Bertz CT molecular complexity index is 584. The van der Waals surface area contributed by atoms with E-state index in [0.717, 1.165) is 18.4 Å². The number of H-pyrrole nitrogens is 1. The Balaban J connectivity index is 1.67. The topological polar surface area (TPSA) is 19.0 Å². The van der Waals surface area contributed by atoms with Crippen LogP contribution in [-0.2, 0) is 6.42 Å². The van der Waals surface area contributed by atoms with Crippen molar-refractivity contribution in [3.05, 3.63) is 35.5 Å². The quantitative estimate of drug-likeness (QED) is 0.865. The molecule has 2 atom stereocenters. The number of aromatic nitrogens is 1. The molecule has 1 aromatic heterocycles. The highest BCUT2D eigenvalue weighted by Crippen LogP contribution is 2.30. The molecule has 1 aliphatic rings. The minimum absolute atomic E-state index is 0.826. The largest absolute Gasteiger partial charge is 0.361 e. The zero-order chi connectivity index (χ0) is 14.1. The van der Waals surface area contributed by atoms with Gasteiger partial charge in [0.25, 0.3) is 0 Å². The van der Waals surface area contributed by atoms with Gasteiger partial charge in [-0.15, -0.1) is 0 Å². The summed E-state index contributed by atoms with van der Waals surface area (Å²) in [5.74, 6) is 0.935. The summed E-state index contributed by atoms with van der Waals surface area (Å²) in [7, 11) is 0. The summed E-state index contributed by atoms with van der Waals surface area (Å²) in [6.07, 6.45) is 5.99. The van der Waals surface area contributed by atoms with E-state index in [-0.39, 0.29) is 0 Å². The van der Waals surface area contributed by atoms with E-state index >= 15 is 0 Å². The average molecular weight is 270 g/mol. The number of hydrogen-bond acceptors (Lipinski definition) is 1. The van der Waals surface area contributed by atoms with Crippen LogP contribution in [0.5, 0.6) is 0 Å². The van der Waals surface area contributed by atoms with E-state index in [1.807, 2.05) is 0 Å². The Morgan fingerprint density at radius 2 is 2.10 bits per heavy atom. The van der Waals surface area contributed by atoms with Crippen molar-refractivity contribution in [3.8, 4) is 0 Å². The SMILES string of the molecule is CCC1CN(CCc2c[nH]c3ccc(C)cc23)C1CC. The van der Waals surface area contributed by atoms with Crippen molar-refractivity contribution in [2.75, 3.05) is 13.1 Å². The summed E-state index contributed by atoms with van der Waals surface area (Å²) in [5.41, 5.74) is 4.09. The van der Waals surface area contributed by atoms with Gasteiger partial charge >= 0.3 is 0 Å². The highest BCUT2D eigenvalue weighted by molar-refractivity contribution is 5.83. The van der Waals surface area contributed by atoms with Crippen LogP contribution in [0.2, 0.25) is 0 Å². The van der Waals surface area contributed by atoms with Crippen molar-refractivity contribution in [1.82, 2.24) is 9.88 Å². The predicted molar refractivity (Wildman–Crippen MR) is 86.2 cm³/mol. The van der Waals surface area contributed by atoms with E-state index in [4.69, 9.17) is 0 Å². The maximum Gasteiger partial charge on any atom is 0.0456 e. The number of nitrogens with zero attached hydrogens (tertiary/aromatic N) is 1. The van der Waals surface area contributed by atoms with Gasteiger partial charge in [0.1, 0.15) is 0 Å². The van der Waals surface area contributed by atoms with Gasteiger partial charge in [0, 0.05) is 36.2 Å². The van der Waals surface area contributed by atoms with Crippen LogP contribution in [-0.4, -0.2) is 29.0 Å². The molecule has 3 rings (SSSR count). The Morgan fingerprint density at radius 1 is 1.25 bits per heavy atom. The molecule has 2 nitrogen and oxygen atoms in total. The van der Waals surface area contributed by atoms with Crippen LogP contribution in [0.4, 0.5) is 0 Å². The van der Waals surface area contributed by atoms with Crippen LogP contribution in [0, 0.1) is 12.8 Å². The number of aromatic amines is 1. The van der Waals surface area contributed by atoms with Gasteiger partial charge in [-0.3, -0.25) is 4.90 Å². The third kappa shape index (κ3) is 2.37. The lowest BCUT2D eigenvalue weighted by atomic mass is 9.84. The fraction of sp³-hybridized carbons (Fsp3) is 0.556. The maximum atomic E-state index is 3.40. The Morgan fingerprint density at radius 3 is 2.85 bits per heavy atom. The van der Waals surface area contributed by atoms with E-state index < -0.39 is 0 Å². The molecule has 2 heteroatoms. The molecule has 1 aromatic carbocycles. The highest BCUT2D eigenvalue weighted by Gasteiger charge is 2.35. The number of nitrogens with one attached hydrogen (secondary N) is 1. The second-order valence-electron chi connectivity index (χ2n) is 6.25. The third-order valence-electron chi connectivity index (χ3n) is 5.02. The molecular formula is C18H26N2. The molecule has 0 spiro atoms. The molecule has 108 valence electrons. The molecule has 2 unspecified atom stereocenters. The van der Waals surface area contributed by atoms with Crippen LogP contribution < -0.4 is 0 Å². The van der Waals surface area contributed by atoms with Gasteiger partial charge in [-0.1, -0.05) is 31.9 Å². The van der Waals surface area contributed by atoms with E-state index in [2.05, 4.69) is 55.1 Å². The molecule has 0 bridgehead atoms. The highest BCUT2D eigenvalue weighted by atomic mass is 15.2. The molecule has 1 N–H and O–H groups in total. The maximum absolute atomic E-state index is 3.40. The number of rotatable bonds is 5. The summed E-state index contributed by atoms with van der Waals surface area (Å²) in [4.78, 5) is 6.07. The van der Waals surface area contributed by atoms with E-state index in [0.29, 0.717) is 0 Å². The molecule has 0 radical (unpaired) electrons. The van der Waals surface area contributed by atoms with Gasteiger partial charge in [0.05, 0.1) is 0 Å². The van der Waals surface area contributed by atoms with Crippen molar-refractivity contribution >= 4 is 10.9 Å². The second kappa shape index (κ2) is 5.61. The second-order valence-corrected chi connectivity index (χ2v) is 6.25. The summed E-state index contributed by atoms with van der Waals surface area (Å²) < 4.78 is 0. The van der Waals surface area contributed by atoms with Crippen LogP contribution in [0.15, 0.2) is 24.4 Å². The number of hydrogen-bond donors (Lipinski definition) is 1. The first-order valence-electron chi connectivity index (χ1n) is 8.03. The number of fused-ring (bicyclic) bond motifs is 1. The predicted octanol–water partition coefficient (Wildman–Crippen LogP) is 4.14. The van der Waals surface area contributed by atoms with Crippen molar-refractivity contribution in [2.24, 2.45) is 5.92 Å². The standard InChI is InChI=1S/C18H26N2/c1-4-14-12-20(18(14)5-2)9-8-15-11-19-17-7-6-13(3)10-16(15)17/h6-7,10-11,14,18-19H,4-5,8-9,12H2,1-3H3. The smallest absolute Gasteiger partial charge is 0.0456 e. The van der Waals surface area contributed by atoms with Crippen LogP contribution in [0.1, 0.15) is 37.8 Å². The van der Waals surface area contributed by atoms with E-state index in [9.17, 15) is 0 Å². The molecule has 1 saturated heterocycles. The van der Waals surface area contributed by atoms with Gasteiger partial charge in [-0.2, -0.15) is 0 Å². The lowest BCUT2D eigenvalue weighted by molar-refractivity contribution is 0.0117. The third-order valence-corrected chi connectivity index (χ3v) is 5.02. The summed E-state index contributed by atoms with van der Waals surface area (Å²) in [5, 5.41) is 1.41. The minimum Gasteiger partial charge on any atom is -0.361 e. The molecule has 2 aromatic rings. The summed E-state index contributed by atoms with van der Waals surface area (Å²) in [6, 6.07) is 7.51. The lowest BCUT2D eigenvalue weighted by Crippen LogP contribution is -2.56. The van der Waals surface area contributed by atoms with Gasteiger partial charge < -0.3 is 4.98 Å². The number of likely N-dealkylation sites (tertiary alicyclic amines) is 1. The molecule has 0 saturated carbocycles. The fourth-order valence-electron chi connectivity index (χ4n) is 3.73. The van der Waals surface area contributed by atoms with Crippen molar-refractivity contribution in [2.45, 2.75) is 46.1 Å². The van der Waals surface area contributed by atoms with E-state index in [1.54, 1.807) is 0 Å². The van der Waals surface area contributed by atoms with Gasteiger partial charge in [0.2, 0.25) is 0 Å². The number of aryl methyl sites for hydroxylation is 1. The summed E-state index contributed by atoms with van der Waals surface area (Å²) >= 11 is 0.